The molecule has 18 heavy (non-hydrogen) atoms. The summed E-state index contributed by atoms with van der Waals surface area (Å²) in [5, 5.41) is 0. The average molecular weight is 348 g/mol. The van der Waals surface area contributed by atoms with Crippen LogP contribution in [0.4, 0.5) is 0 Å². The second-order valence-electron chi connectivity index (χ2n) is 4.55. The lowest BCUT2D eigenvalue weighted by atomic mass is 10.8. The molecule has 12 heteroatoms. The number of nitrogens with one attached hydrogen (secondary N) is 1. The summed E-state index contributed by atoms with van der Waals surface area (Å²) in [7, 11) is 0.302. The quantitative estimate of drug-likeness (QED) is 0.419. The van der Waals surface area contributed by atoms with Crippen LogP contribution in [-0.2, 0) is 0 Å². The Morgan fingerprint density at radius 3 is 2.17 bits per heavy atom. The van der Waals surface area contributed by atoms with E-state index in [1.54, 1.807) is 0 Å². The molecule has 104 valence electrons. The van der Waals surface area contributed by atoms with Gasteiger partial charge in [-0.05, 0) is 4.24 Å². The van der Waals surface area contributed by atoms with E-state index in [0.717, 1.165) is 24.6 Å². The molecule has 0 spiro atoms. The summed E-state index contributed by atoms with van der Waals surface area (Å²) in [5.74, 6) is 22.4. The van der Waals surface area contributed by atoms with Crippen molar-refractivity contribution in [2.45, 2.75) is 0 Å². The van der Waals surface area contributed by atoms with Gasteiger partial charge in [-0.2, -0.15) is 11.7 Å². The Morgan fingerprint density at radius 2 is 1.56 bits per heavy atom. The minimum Gasteiger partial charge on any atom is -0.168 e. The number of nitrogens with two attached hydrogens (primary N) is 3. The van der Waals surface area contributed by atoms with Crippen LogP contribution in [0.1, 0.15) is 0 Å². The fraction of sp³-hybridized carbons (Fsp3) is 1.00. The Balaban J connectivity index is 2.11. The molecule has 0 amide bonds. The van der Waals surface area contributed by atoms with E-state index in [1.165, 1.54) is 0 Å². The summed E-state index contributed by atoms with van der Waals surface area (Å²) in [5.41, 5.74) is 3.33. The smallest absolute Gasteiger partial charge is 0.168 e. The third kappa shape index (κ3) is 1.65. The summed E-state index contributed by atoms with van der Waals surface area (Å²) < 4.78 is 1.63. The first-order valence-corrected chi connectivity index (χ1v) is 13.1. The maximum absolute atomic E-state index is 6.78. The molecule has 0 bridgehead atoms. The Bertz CT molecular complexity index is 375. The van der Waals surface area contributed by atoms with Gasteiger partial charge in [0.25, 0.3) is 0 Å². The van der Waals surface area contributed by atoms with Crippen LogP contribution < -0.4 is 23.0 Å². The predicted molar refractivity (Wildman–Crippen MR) is 83.7 cm³/mol. The maximum atomic E-state index is 6.78. The van der Waals surface area contributed by atoms with E-state index in [0.29, 0.717) is 12.5 Å². The van der Waals surface area contributed by atoms with Crippen LogP contribution in [0.25, 0.3) is 0 Å². The second-order valence-corrected chi connectivity index (χ2v) is 16.4. The van der Waals surface area contributed by atoms with E-state index in [2.05, 4.69) is 12.1 Å². The minimum absolute atomic E-state index is 0.391. The third-order valence-electron chi connectivity index (χ3n) is 3.68. The van der Waals surface area contributed by atoms with E-state index >= 15 is 0 Å². The van der Waals surface area contributed by atoms with Gasteiger partial charge in [0.15, 0.2) is 0 Å². The van der Waals surface area contributed by atoms with Gasteiger partial charge in [0.1, 0.15) is 13.1 Å². The summed E-state index contributed by atoms with van der Waals surface area (Å²) in [6.45, 7) is 4.24. The molecule has 0 radical (unpaired) electrons. The van der Waals surface area contributed by atoms with Crippen molar-refractivity contribution in [3.8, 4) is 0 Å². The van der Waals surface area contributed by atoms with Gasteiger partial charge in [-0.15, -0.1) is 19.5 Å². The van der Waals surface area contributed by atoms with Crippen molar-refractivity contribution < 1.29 is 12.5 Å². The lowest BCUT2D eigenvalue weighted by molar-refractivity contribution is -0.895. The molecule has 6 atom stereocenters. The standard InChI is InChI=1S/C6H21N7P3S2/c1-10-13(9)14(2)11(7)3-5-17-15(11)12(8)4-6-18-16(12)13/h10H,3-9H2,1-2H3/q+3. The van der Waals surface area contributed by atoms with Crippen molar-refractivity contribution in [2.75, 3.05) is 38.3 Å². The normalized spacial score (nSPS) is 59.5. The molecule has 3 fully saturated rings. The minimum atomic E-state index is -0.583. The number of nitrogens with zero attached hydrogens (tertiary/aromatic N) is 3. The molecule has 0 aromatic carbocycles. The molecule has 3 saturated heterocycles. The topological polar surface area (TPSA) is 90.1 Å². The summed E-state index contributed by atoms with van der Waals surface area (Å²) in [6.07, 6.45) is 0. The molecule has 0 aliphatic carbocycles. The molecule has 0 saturated carbocycles. The predicted octanol–water partition coefficient (Wildman–Crippen LogP) is 1.10. The summed E-state index contributed by atoms with van der Waals surface area (Å²) in [4.78, 5) is 0. The molecular formula is C6H21N7P3S2+3. The average Bonchev–Trinajstić information content (AvgIpc) is 2.92. The van der Waals surface area contributed by atoms with Gasteiger partial charge in [-0.25, -0.2) is 0 Å². The molecule has 6 unspecified atom stereocenters. The number of hydrogen-bond acceptors (Lipinski definition) is 6. The Morgan fingerprint density at radius 1 is 1.00 bits per heavy atom. The molecule has 3 aliphatic heterocycles. The number of quaternary nitrogens is 3. The van der Waals surface area contributed by atoms with Crippen molar-refractivity contribution in [3.05, 3.63) is 0 Å². The first-order valence-electron chi connectivity index (χ1n) is 5.72. The fourth-order valence-corrected chi connectivity index (χ4v) is 23.6. The van der Waals surface area contributed by atoms with Gasteiger partial charge in [0.2, 0.25) is 0 Å². The van der Waals surface area contributed by atoms with Gasteiger partial charge < -0.3 is 0 Å². The molecular weight excluding hydrogens is 327 g/mol. The Kier molecular flexibility index (Phi) is 3.74. The maximum Gasteiger partial charge on any atom is 0.462 e. The largest absolute Gasteiger partial charge is 0.462 e. The molecule has 0 aromatic rings. The van der Waals surface area contributed by atoms with Crippen molar-refractivity contribution >= 4 is 45.8 Å². The molecule has 3 rings (SSSR count). The van der Waals surface area contributed by atoms with Crippen LogP contribution in [0, 0.1) is 0 Å². The van der Waals surface area contributed by atoms with Gasteiger partial charge in [0.05, 0.1) is 18.2 Å². The fourth-order valence-electron chi connectivity index (χ4n) is 2.56. The van der Waals surface area contributed by atoms with Crippen molar-refractivity contribution in [3.63, 3.8) is 0 Å². The van der Waals surface area contributed by atoms with Gasteiger partial charge in [-0.3, -0.25) is 0 Å². The number of rotatable bonds is 1. The first-order chi connectivity index (χ1) is 8.39. The van der Waals surface area contributed by atoms with Crippen LogP contribution in [0.5, 0.6) is 0 Å². The van der Waals surface area contributed by atoms with Crippen molar-refractivity contribution in [2.24, 2.45) is 17.5 Å². The zero-order valence-corrected chi connectivity index (χ0v) is 14.9. The van der Waals surface area contributed by atoms with Gasteiger partial charge in [-0.1, -0.05) is 0 Å². The SMILES string of the molecule is CN[N+]1(N)P(C)[N+]2(N)CCSP2[N+]2(N)CCSP21. The second kappa shape index (κ2) is 4.60. The summed E-state index contributed by atoms with van der Waals surface area (Å²) in [6, 6.07) is 0. The van der Waals surface area contributed by atoms with Crippen molar-refractivity contribution in [1.29, 1.82) is 0 Å². The van der Waals surface area contributed by atoms with E-state index in [-0.39, 0.29) is 0 Å². The molecule has 7 nitrogen and oxygen atoms in total. The molecule has 3 heterocycles. The molecule has 3 aliphatic rings. The highest BCUT2D eigenvalue weighted by Crippen LogP contribution is 2.92. The highest BCUT2D eigenvalue weighted by atomic mass is 32.7. The van der Waals surface area contributed by atoms with Gasteiger partial charge in [0, 0.05) is 29.8 Å². The van der Waals surface area contributed by atoms with Crippen LogP contribution in [0.3, 0.4) is 0 Å². The van der Waals surface area contributed by atoms with Crippen LogP contribution >= 0.6 is 45.8 Å². The molecule has 0 aromatic heterocycles. The van der Waals surface area contributed by atoms with Gasteiger partial charge >= 0.3 is 23.1 Å². The monoisotopic (exact) mass is 348 g/mol. The van der Waals surface area contributed by atoms with Crippen LogP contribution in [0.15, 0.2) is 0 Å². The zero-order valence-electron chi connectivity index (χ0n) is 10.6. The third-order valence-corrected chi connectivity index (χ3v) is 21.2. The van der Waals surface area contributed by atoms with E-state index < -0.39 is 23.1 Å². The number of fused-ring (bicyclic) bond motifs is 3. The molecule has 7 N–H and O–H groups in total. The van der Waals surface area contributed by atoms with E-state index in [9.17, 15) is 0 Å². The Hall–Kier alpha value is 1.71. The highest BCUT2D eigenvalue weighted by molar-refractivity contribution is 8.58. The van der Waals surface area contributed by atoms with E-state index in [4.69, 9.17) is 17.5 Å². The Labute approximate surface area is 119 Å². The highest BCUT2D eigenvalue weighted by Gasteiger charge is 2.81. The lowest BCUT2D eigenvalue weighted by Gasteiger charge is -2.51. The first kappa shape index (κ1) is 14.6. The lowest BCUT2D eigenvalue weighted by Crippen LogP contribution is -2.69. The zero-order chi connectivity index (χ0) is 13.2. The number of hydrogen-bond donors (Lipinski definition) is 4. The van der Waals surface area contributed by atoms with Crippen molar-refractivity contribution in [1.82, 2.24) is 5.43 Å². The van der Waals surface area contributed by atoms with E-state index in [1.807, 2.05) is 29.8 Å². The summed E-state index contributed by atoms with van der Waals surface area (Å²) >= 11 is 3.96. The van der Waals surface area contributed by atoms with Crippen LogP contribution in [0.2, 0.25) is 0 Å². The van der Waals surface area contributed by atoms with Crippen LogP contribution in [-0.4, -0.2) is 50.8 Å².